The second-order valence-corrected chi connectivity index (χ2v) is 5.13. The van der Waals surface area contributed by atoms with Crippen LogP contribution in [0.4, 0.5) is 0 Å². The van der Waals surface area contributed by atoms with E-state index in [-0.39, 0.29) is 17.9 Å². The predicted molar refractivity (Wildman–Crippen MR) is 78.6 cm³/mol. The molecule has 0 heterocycles. The van der Waals surface area contributed by atoms with Crippen LogP contribution >= 0.6 is 0 Å². The van der Waals surface area contributed by atoms with E-state index in [1.54, 1.807) is 13.2 Å². The highest BCUT2D eigenvalue weighted by molar-refractivity contribution is 5.94. The van der Waals surface area contributed by atoms with Gasteiger partial charge in [-0.1, -0.05) is 13.0 Å². The Balaban J connectivity index is 2.30. The molecule has 1 unspecified atom stereocenters. The Morgan fingerprint density at radius 1 is 1.33 bits per heavy atom. The van der Waals surface area contributed by atoms with Crippen LogP contribution in [-0.2, 0) is 22.4 Å². The third-order valence-corrected chi connectivity index (χ3v) is 3.88. The van der Waals surface area contributed by atoms with Crippen molar-refractivity contribution in [3.8, 4) is 5.75 Å². The highest BCUT2D eigenvalue weighted by Crippen LogP contribution is 2.31. The molecule has 0 saturated carbocycles. The average molecular weight is 291 g/mol. The Hall–Kier alpha value is -2.04. The Morgan fingerprint density at radius 3 is 2.71 bits per heavy atom. The van der Waals surface area contributed by atoms with Crippen LogP contribution in [0.5, 0.6) is 5.75 Å². The lowest BCUT2D eigenvalue weighted by molar-refractivity contribution is -0.121. The van der Waals surface area contributed by atoms with Crippen LogP contribution in [0.3, 0.4) is 0 Å². The molecule has 0 radical (unpaired) electrons. The van der Waals surface area contributed by atoms with E-state index in [2.05, 4.69) is 5.32 Å². The lowest BCUT2D eigenvalue weighted by Gasteiger charge is -2.27. The molecule has 0 spiro atoms. The summed E-state index contributed by atoms with van der Waals surface area (Å²) >= 11 is 0. The molecule has 0 aliphatic heterocycles. The normalized spacial score (nSPS) is 16.8. The number of carbonyl (C=O) groups is 2. The van der Waals surface area contributed by atoms with Crippen LogP contribution in [0.15, 0.2) is 12.1 Å². The molecule has 1 atom stereocenters. The summed E-state index contributed by atoms with van der Waals surface area (Å²) in [5.41, 5.74) is 2.56. The quantitative estimate of drug-likeness (QED) is 0.860. The molecule has 0 saturated heterocycles. The molecular formula is C16H21NO4. The van der Waals surface area contributed by atoms with Crippen molar-refractivity contribution in [3.63, 3.8) is 0 Å². The van der Waals surface area contributed by atoms with Gasteiger partial charge in [-0.3, -0.25) is 4.79 Å². The van der Waals surface area contributed by atoms with E-state index in [1.807, 2.05) is 13.0 Å². The topological polar surface area (TPSA) is 64.6 Å². The Morgan fingerprint density at radius 2 is 2.10 bits per heavy atom. The Labute approximate surface area is 124 Å². The van der Waals surface area contributed by atoms with Crippen LogP contribution in [0, 0.1) is 0 Å². The minimum Gasteiger partial charge on any atom is -0.496 e. The average Bonchev–Trinajstić information content (AvgIpc) is 2.52. The number of amides is 1. The van der Waals surface area contributed by atoms with E-state index in [9.17, 15) is 9.59 Å². The SMILES string of the molecule is CCC(=O)NC1CCc2c(ccc(OC)c2C(=O)OC)C1. The molecule has 5 nitrogen and oxygen atoms in total. The molecule has 0 fully saturated rings. The zero-order chi connectivity index (χ0) is 15.4. The van der Waals surface area contributed by atoms with Gasteiger partial charge in [0.05, 0.1) is 14.2 Å². The zero-order valence-electron chi connectivity index (χ0n) is 12.7. The maximum Gasteiger partial charge on any atom is 0.341 e. The van der Waals surface area contributed by atoms with Crippen LogP contribution in [0.25, 0.3) is 0 Å². The third kappa shape index (κ3) is 3.17. The summed E-state index contributed by atoms with van der Waals surface area (Å²) in [5.74, 6) is 0.224. The van der Waals surface area contributed by atoms with Crippen molar-refractivity contribution in [3.05, 3.63) is 28.8 Å². The number of nitrogens with one attached hydrogen (secondary N) is 1. The maximum absolute atomic E-state index is 12.0. The molecule has 1 amide bonds. The van der Waals surface area contributed by atoms with Gasteiger partial charge in [0.1, 0.15) is 11.3 Å². The molecular weight excluding hydrogens is 270 g/mol. The lowest BCUT2D eigenvalue weighted by Crippen LogP contribution is -2.38. The van der Waals surface area contributed by atoms with Crippen molar-refractivity contribution in [2.24, 2.45) is 0 Å². The van der Waals surface area contributed by atoms with E-state index in [1.165, 1.54) is 7.11 Å². The van der Waals surface area contributed by atoms with E-state index in [4.69, 9.17) is 9.47 Å². The predicted octanol–water partition coefficient (Wildman–Crippen LogP) is 1.87. The van der Waals surface area contributed by atoms with Gasteiger partial charge in [-0.05, 0) is 36.5 Å². The van der Waals surface area contributed by atoms with Gasteiger partial charge in [0.25, 0.3) is 0 Å². The summed E-state index contributed by atoms with van der Waals surface area (Å²) in [6.07, 6.45) is 2.76. The van der Waals surface area contributed by atoms with E-state index < -0.39 is 0 Å². The van der Waals surface area contributed by atoms with E-state index in [0.29, 0.717) is 17.7 Å². The summed E-state index contributed by atoms with van der Waals surface area (Å²) in [6, 6.07) is 3.88. The number of carbonyl (C=O) groups excluding carboxylic acids is 2. The van der Waals surface area contributed by atoms with E-state index in [0.717, 1.165) is 30.4 Å². The largest absolute Gasteiger partial charge is 0.496 e. The van der Waals surface area contributed by atoms with Crippen molar-refractivity contribution in [1.82, 2.24) is 5.32 Å². The van der Waals surface area contributed by atoms with Gasteiger partial charge in [0.15, 0.2) is 0 Å². The molecule has 114 valence electrons. The molecule has 1 aromatic carbocycles. The molecule has 0 aromatic heterocycles. The van der Waals surface area contributed by atoms with Gasteiger partial charge in [-0.2, -0.15) is 0 Å². The minimum absolute atomic E-state index is 0.0603. The zero-order valence-corrected chi connectivity index (χ0v) is 12.7. The summed E-state index contributed by atoms with van der Waals surface area (Å²) in [4.78, 5) is 23.5. The first-order valence-corrected chi connectivity index (χ1v) is 7.17. The Bertz CT molecular complexity index is 553. The second-order valence-electron chi connectivity index (χ2n) is 5.13. The van der Waals surface area contributed by atoms with Crippen LogP contribution in [-0.4, -0.2) is 32.1 Å². The van der Waals surface area contributed by atoms with Crippen molar-refractivity contribution < 1.29 is 19.1 Å². The number of methoxy groups -OCH3 is 2. The molecule has 1 N–H and O–H groups in total. The summed E-state index contributed by atoms with van der Waals surface area (Å²) < 4.78 is 10.1. The van der Waals surface area contributed by atoms with Gasteiger partial charge < -0.3 is 14.8 Å². The van der Waals surface area contributed by atoms with Crippen molar-refractivity contribution >= 4 is 11.9 Å². The fourth-order valence-electron chi connectivity index (χ4n) is 2.78. The number of benzene rings is 1. The van der Waals surface area contributed by atoms with Crippen molar-refractivity contribution in [2.75, 3.05) is 14.2 Å². The third-order valence-electron chi connectivity index (χ3n) is 3.88. The molecule has 1 aliphatic carbocycles. The summed E-state index contributed by atoms with van der Waals surface area (Å²) in [7, 11) is 2.91. The van der Waals surface area contributed by atoms with Gasteiger partial charge >= 0.3 is 5.97 Å². The molecule has 21 heavy (non-hydrogen) atoms. The fraction of sp³-hybridized carbons (Fsp3) is 0.500. The number of hydrogen-bond acceptors (Lipinski definition) is 4. The minimum atomic E-state index is -0.375. The molecule has 0 bridgehead atoms. The van der Waals surface area contributed by atoms with Crippen molar-refractivity contribution in [1.29, 1.82) is 0 Å². The van der Waals surface area contributed by atoms with Crippen LogP contribution < -0.4 is 10.1 Å². The van der Waals surface area contributed by atoms with Gasteiger partial charge in [-0.15, -0.1) is 0 Å². The number of hydrogen-bond donors (Lipinski definition) is 1. The first-order valence-electron chi connectivity index (χ1n) is 7.17. The smallest absolute Gasteiger partial charge is 0.341 e. The number of fused-ring (bicyclic) bond motifs is 1. The van der Waals surface area contributed by atoms with Crippen LogP contribution in [0.2, 0.25) is 0 Å². The van der Waals surface area contributed by atoms with Gasteiger partial charge in [0, 0.05) is 12.5 Å². The van der Waals surface area contributed by atoms with Crippen LogP contribution in [0.1, 0.15) is 41.3 Å². The Kier molecular flexibility index (Phi) is 4.83. The van der Waals surface area contributed by atoms with Crippen molar-refractivity contribution in [2.45, 2.75) is 38.6 Å². The van der Waals surface area contributed by atoms with Gasteiger partial charge in [0.2, 0.25) is 5.91 Å². The second kappa shape index (κ2) is 6.61. The standard InChI is InChI=1S/C16H21NO4/c1-4-14(18)17-11-6-7-12-10(9-11)5-8-13(20-2)15(12)16(19)21-3/h5,8,11H,4,6-7,9H2,1-3H3,(H,17,18). The summed E-state index contributed by atoms with van der Waals surface area (Å²) in [5, 5.41) is 3.01. The van der Waals surface area contributed by atoms with Gasteiger partial charge in [-0.25, -0.2) is 4.79 Å². The highest BCUT2D eigenvalue weighted by atomic mass is 16.5. The fourth-order valence-corrected chi connectivity index (χ4v) is 2.78. The number of esters is 1. The molecule has 5 heteroatoms. The number of ether oxygens (including phenoxy) is 2. The maximum atomic E-state index is 12.0. The molecule has 1 aliphatic rings. The first kappa shape index (κ1) is 15.4. The molecule has 1 aromatic rings. The number of rotatable bonds is 4. The monoisotopic (exact) mass is 291 g/mol. The first-order chi connectivity index (χ1) is 10.1. The molecule has 2 rings (SSSR count). The lowest BCUT2D eigenvalue weighted by atomic mass is 9.85. The van der Waals surface area contributed by atoms with E-state index >= 15 is 0 Å². The summed E-state index contributed by atoms with van der Waals surface area (Å²) in [6.45, 7) is 1.84. The highest BCUT2D eigenvalue weighted by Gasteiger charge is 2.27.